The van der Waals surface area contributed by atoms with Gasteiger partial charge in [-0.25, -0.2) is 0 Å². The van der Waals surface area contributed by atoms with Crippen molar-refractivity contribution in [3.8, 4) is 17.6 Å². The highest BCUT2D eigenvalue weighted by molar-refractivity contribution is 6.34. The second-order valence-corrected chi connectivity index (χ2v) is 7.89. The van der Waals surface area contributed by atoms with Gasteiger partial charge in [-0.3, -0.25) is 4.79 Å². The lowest BCUT2D eigenvalue weighted by atomic mass is 10.1. The topological polar surface area (TPSA) is 71.3 Å². The number of anilines is 1. The third-order valence-electron chi connectivity index (χ3n) is 4.77. The van der Waals surface area contributed by atoms with E-state index in [0.29, 0.717) is 28.0 Å². The molecule has 0 radical (unpaired) electrons. The zero-order chi connectivity index (χ0) is 25.6. The van der Waals surface area contributed by atoms with E-state index < -0.39 is 23.2 Å². The maximum Gasteiger partial charge on any atom is 0.416 e. The summed E-state index contributed by atoms with van der Waals surface area (Å²) in [5.41, 5.74) is -0.642. The molecule has 1 amide bonds. The van der Waals surface area contributed by atoms with Crippen LogP contribution in [-0.2, 0) is 17.6 Å². The van der Waals surface area contributed by atoms with Gasteiger partial charge in [-0.2, -0.15) is 18.4 Å². The molecule has 5 nitrogen and oxygen atoms in total. The molecule has 10 heteroatoms. The number of rotatable bonds is 7. The summed E-state index contributed by atoms with van der Waals surface area (Å²) in [6, 6.07) is 16.2. The number of hydrogen-bond donors (Lipinski definition) is 1. The lowest BCUT2D eigenvalue weighted by molar-refractivity contribution is -0.137. The van der Waals surface area contributed by atoms with Crippen LogP contribution in [0.25, 0.3) is 6.08 Å². The largest absolute Gasteiger partial charge is 0.493 e. The van der Waals surface area contributed by atoms with E-state index >= 15 is 0 Å². The first kappa shape index (κ1) is 25.9. The molecule has 0 spiro atoms. The van der Waals surface area contributed by atoms with E-state index in [4.69, 9.17) is 32.7 Å². The maximum absolute atomic E-state index is 13.0. The standard InChI is InChI=1S/C25H17Cl2F3N2O3/c1-34-22-8-4-6-15(23(22)35-14-16-5-2-3-7-19(16)26)11-17(13-31)24(33)32-21-12-18(25(28,29)30)9-10-20(21)27/h2-12H,14H2,1H3,(H,32,33)/b17-11+. The average molecular weight is 521 g/mol. The molecule has 0 saturated carbocycles. The van der Waals surface area contributed by atoms with Crippen molar-refractivity contribution in [2.45, 2.75) is 12.8 Å². The Morgan fingerprint density at radius 1 is 1.09 bits per heavy atom. The molecular formula is C25H17Cl2F3N2O3. The molecule has 180 valence electrons. The molecule has 0 heterocycles. The zero-order valence-electron chi connectivity index (χ0n) is 18.1. The third kappa shape index (κ3) is 6.47. The van der Waals surface area contributed by atoms with Crippen LogP contribution in [0.15, 0.2) is 66.2 Å². The number of ether oxygens (including phenoxy) is 2. The number of halogens is 5. The van der Waals surface area contributed by atoms with Crippen molar-refractivity contribution in [2.75, 3.05) is 12.4 Å². The molecular weight excluding hydrogens is 504 g/mol. The molecule has 3 rings (SSSR count). The number of amides is 1. The Morgan fingerprint density at radius 2 is 1.83 bits per heavy atom. The first-order valence-electron chi connectivity index (χ1n) is 9.97. The molecule has 0 unspecified atom stereocenters. The molecule has 0 aromatic heterocycles. The van der Waals surface area contributed by atoms with Crippen LogP contribution in [0.4, 0.5) is 18.9 Å². The van der Waals surface area contributed by atoms with Gasteiger partial charge in [0.25, 0.3) is 5.91 Å². The maximum atomic E-state index is 13.0. The van der Waals surface area contributed by atoms with Crippen LogP contribution in [-0.4, -0.2) is 13.0 Å². The van der Waals surface area contributed by atoms with Crippen LogP contribution < -0.4 is 14.8 Å². The Kier molecular flexibility index (Phi) is 8.28. The van der Waals surface area contributed by atoms with Gasteiger partial charge in [-0.15, -0.1) is 0 Å². The highest BCUT2D eigenvalue weighted by atomic mass is 35.5. The summed E-state index contributed by atoms with van der Waals surface area (Å²) in [5.74, 6) is -0.370. The second kappa shape index (κ2) is 11.2. The average Bonchev–Trinajstić information content (AvgIpc) is 2.82. The van der Waals surface area contributed by atoms with Gasteiger partial charge in [0, 0.05) is 16.1 Å². The molecule has 0 aliphatic heterocycles. The smallest absolute Gasteiger partial charge is 0.416 e. The Morgan fingerprint density at radius 3 is 2.49 bits per heavy atom. The van der Waals surface area contributed by atoms with Gasteiger partial charge in [0.05, 0.1) is 23.4 Å². The van der Waals surface area contributed by atoms with Crippen LogP contribution >= 0.6 is 23.2 Å². The summed E-state index contributed by atoms with van der Waals surface area (Å²) >= 11 is 12.1. The zero-order valence-corrected chi connectivity index (χ0v) is 19.6. The van der Waals surface area contributed by atoms with Crippen LogP contribution in [0.2, 0.25) is 10.0 Å². The van der Waals surface area contributed by atoms with Crippen molar-refractivity contribution < 1.29 is 27.4 Å². The predicted molar refractivity (Wildman–Crippen MR) is 127 cm³/mol. The molecule has 0 aliphatic carbocycles. The number of nitrogens with zero attached hydrogens (tertiary/aromatic N) is 1. The highest BCUT2D eigenvalue weighted by Crippen LogP contribution is 2.35. The number of carbonyl (C=O) groups is 1. The van der Waals surface area contributed by atoms with Gasteiger partial charge in [0.15, 0.2) is 11.5 Å². The quantitative estimate of drug-likeness (QED) is 0.265. The second-order valence-electron chi connectivity index (χ2n) is 7.08. The minimum Gasteiger partial charge on any atom is -0.493 e. The molecule has 35 heavy (non-hydrogen) atoms. The van der Waals surface area contributed by atoms with Crippen LogP contribution in [0.3, 0.4) is 0 Å². The van der Waals surface area contributed by atoms with Gasteiger partial charge in [0.2, 0.25) is 0 Å². The fourth-order valence-electron chi connectivity index (χ4n) is 3.02. The molecule has 0 atom stereocenters. The van der Waals surface area contributed by atoms with Crippen molar-refractivity contribution in [1.29, 1.82) is 5.26 Å². The van der Waals surface area contributed by atoms with Crippen molar-refractivity contribution in [1.82, 2.24) is 0 Å². The lowest BCUT2D eigenvalue weighted by Crippen LogP contribution is -2.15. The molecule has 0 fully saturated rings. The van der Waals surface area contributed by atoms with E-state index in [1.54, 1.807) is 48.5 Å². The molecule has 3 aromatic rings. The molecule has 0 aliphatic rings. The van der Waals surface area contributed by atoms with Crippen LogP contribution in [0.5, 0.6) is 11.5 Å². The van der Waals surface area contributed by atoms with Crippen molar-refractivity contribution >= 4 is 40.9 Å². The van der Waals surface area contributed by atoms with Crippen LogP contribution in [0.1, 0.15) is 16.7 Å². The van der Waals surface area contributed by atoms with E-state index in [1.165, 1.54) is 13.2 Å². The fraction of sp³-hybridized carbons (Fsp3) is 0.120. The summed E-state index contributed by atoms with van der Waals surface area (Å²) in [4.78, 5) is 12.7. The Hall–Kier alpha value is -3.67. The molecule has 3 aromatic carbocycles. The summed E-state index contributed by atoms with van der Waals surface area (Å²) in [6.07, 6.45) is -3.40. The summed E-state index contributed by atoms with van der Waals surface area (Å²) < 4.78 is 50.3. The van der Waals surface area contributed by atoms with Crippen molar-refractivity contribution in [2.24, 2.45) is 0 Å². The number of nitrogens with one attached hydrogen (secondary N) is 1. The van der Waals surface area contributed by atoms with Crippen LogP contribution in [0, 0.1) is 11.3 Å². The predicted octanol–water partition coefficient (Wildman–Crippen LogP) is 7.15. The Balaban J connectivity index is 1.92. The SMILES string of the molecule is COc1cccc(/C=C(\C#N)C(=O)Nc2cc(C(F)(F)F)ccc2Cl)c1OCc1ccccc1Cl. The first-order valence-corrected chi connectivity index (χ1v) is 10.7. The van der Waals surface area contributed by atoms with Gasteiger partial charge >= 0.3 is 6.18 Å². The number of benzene rings is 3. The first-order chi connectivity index (χ1) is 16.6. The number of hydrogen-bond acceptors (Lipinski definition) is 4. The number of nitriles is 1. The Bertz CT molecular complexity index is 1320. The number of carbonyl (C=O) groups excluding carboxylic acids is 1. The normalized spacial score (nSPS) is 11.5. The van der Waals surface area contributed by atoms with E-state index in [9.17, 15) is 23.2 Å². The molecule has 0 saturated heterocycles. The number of alkyl halides is 3. The van der Waals surface area contributed by atoms with Gasteiger partial charge in [0.1, 0.15) is 18.2 Å². The highest BCUT2D eigenvalue weighted by Gasteiger charge is 2.31. The minimum absolute atomic E-state index is 0.0782. The minimum atomic E-state index is -4.63. The van der Waals surface area contributed by atoms with Gasteiger partial charge in [-0.1, -0.05) is 53.5 Å². The summed E-state index contributed by atoms with van der Waals surface area (Å²) in [7, 11) is 1.43. The number of methoxy groups -OCH3 is 1. The Labute approximate surface area is 209 Å². The summed E-state index contributed by atoms with van der Waals surface area (Å²) in [5, 5.41) is 12.2. The van der Waals surface area contributed by atoms with E-state index in [1.807, 2.05) is 0 Å². The van der Waals surface area contributed by atoms with E-state index in [2.05, 4.69) is 5.32 Å². The van der Waals surface area contributed by atoms with Gasteiger partial charge < -0.3 is 14.8 Å². The summed E-state index contributed by atoms with van der Waals surface area (Å²) in [6.45, 7) is 0.0782. The molecule has 1 N–H and O–H groups in total. The molecule has 0 bridgehead atoms. The number of para-hydroxylation sites is 1. The fourth-order valence-corrected chi connectivity index (χ4v) is 3.37. The third-order valence-corrected chi connectivity index (χ3v) is 5.46. The van der Waals surface area contributed by atoms with Crippen molar-refractivity contribution in [3.05, 3.63) is 93.0 Å². The van der Waals surface area contributed by atoms with E-state index in [0.717, 1.165) is 12.1 Å². The van der Waals surface area contributed by atoms with Crippen molar-refractivity contribution in [3.63, 3.8) is 0 Å². The van der Waals surface area contributed by atoms with Gasteiger partial charge in [-0.05, 0) is 36.4 Å². The lowest BCUT2D eigenvalue weighted by Gasteiger charge is -2.14. The van der Waals surface area contributed by atoms with E-state index in [-0.39, 0.29) is 23.1 Å². The monoisotopic (exact) mass is 520 g/mol.